The lowest BCUT2D eigenvalue weighted by Gasteiger charge is -2.10. The second-order valence-electron chi connectivity index (χ2n) is 5.40. The zero-order valence-electron chi connectivity index (χ0n) is 13.1. The molecular weight excluding hydrogens is 338 g/mol. The highest BCUT2D eigenvalue weighted by Gasteiger charge is 2.14. The van der Waals surface area contributed by atoms with Crippen LogP contribution in [-0.2, 0) is 0 Å². The summed E-state index contributed by atoms with van der Waals surface area (Å²) < 4.78 is 0. The van der Waals surface area contributed by atoms with Crippen LogP contribution in [0.1, 0.15) is 20.7 Å². The molecule has 0 atom stereocenters. The zero-order valence-corrected chi connectivity index (χ0v) is 13.8. The Balaban J connectivity index is 1.89. The van der Waals surface area contributed by atoms with Crippen LogP contribution in [0.3, 0.4) is 0 Å². The maximum absolute atomic E-state index is 12.5. The number of hydrogen-bond donors (Lipinski definition) is 2. The Morgan fingerprint density at radius 2 is 1.56 bits per heavy atom. The fraction of sp³-hybridized carbons (Fsp3) is 0. The van der Waals surface area contributed by atoms with Crippen LogP contribution in [0.4, 0.5) is 5.69 Å². The van der Waals surface area contributed by atoms with Gasteiger partial charge in [0, 0.05) is 10.6 Å². The van der Waals surface area contributed by atoms with E-state index in [1.165, 1.54) is 18.2 Å². The largest absolute Gasteiger partial charge is 0.478 e. The third-order valence-corrected chi connectivity index (χ3v) is 3.93. The van der Waals surface area contributed by atoms with Crippen molar-refractivity contribution in [1.29, 1.82) is 0 Å². The van der Waals surface area contributed by atoms with Crippen LogP contribution in [0.5, 0.6) is 0 Å². The summed E-state index contributed by atoms with van der Waals surface area (Å²) in [5.41, 5.74) is 2.48. The topological polar surface area (TPSA) is 66.4 Å². The maximum Gasteiger partial charge on any atom is 0.337 e. The van der Waals surface area contributed by atoms with Gasteiger partial charge in [0.05, 0.1) is 11.3 Å². The van der Waals surface area contributed by atoms with Gasteiger partial charge < -0.3 is 10.4 Å². The van der Waals surface area contributed by atoms with E-state index in [2.05, 4.69) is 5.32 Å². The van der Waals surface area contributed by atoms with E-state index >= 15 is 0 Å². The highest BCUT2D eigenvalue weighted by Crippen LogP contribution is 2.23. The van der Waals surface area contributed by atoms with E-state index in [9.17, 15) is 14.7 Å². The summed E-state index contributed by atoms with van der Waals surface area (Å²) in [6, 6.07) is 21.2. The molecular formula is C20H14ClNO3. The number of nitrogens with one attached hydrogen (secondary N) is 1. The van der Waals surface area contributed by atoms with Crippen LogP contribution in [0.25, 0.3) is 11.1 Å². The first-order valence-electron chi connectivity index (χ1n) is 7.54. The summed E-state index contributed by atoms with van der Waals surface area (Å²) in [5.74, 6) is -1.54. The number of carboxylic acid groups (broad SMARTS) is 1. The van der Waals surface area contributed by atoms with Gasteiger partial charge in [0.25, 0.3) is 5.91 Å². The van der Waals surface area contributed by atoms with Crippen LogP contribution in [0.2, 0.25) is 5.02 Å². The van der Waals surface area contributed by atoms with E-state index in [0.29, 0.717) is 10.6 Å². The van der Waals surface area contributed by atoms with Crippen molar-refractivity contribution < 1.29 is 14.7 Å². The van der Waals surface area contributed by atoms with Gasteiger partial charge in [0.1, 0.15) is 0 Å². The molecule has 3 aromatic rings. The minimum absolute atomic E-state index is 0.0555. The van der Waals surface area contributed by atoms with E-state index in [4.69, 9.17) is 11.6 Å². The average Bonchev–Trinajstić information content (AvgIpc) is 2.64. The zero-order chi connectivity index (χ0) is 17.8. The van der Waals surface area contributed by atoms with Gasteiger partial charge in [-0.15, -0.1) is 0 Å². The first kappa shape index (κ1) is 16.7. The summed E-state index contributed by atoms with van der Waals surface area (Å²) in [7, 11) is 0. The molecule has 1 amide bonds. The molecule has 2 N–H and O–H groups in total. The Morgan fingerprint density at radius 1 is 0.840 bits per heavy atom. The van der Waals surface area contributed by atoms with Gasteiger partial charge in [-0.2, -0.15) is 0 Å². The Hall–Kier alpha value is -3.11. The standard InChI is InChI=1S/C20H14ClNO3/c21-16-9-10-18(17(12-16)20(24)25)22-19(23)15-8-4-7-14(11-15)13-5-2-1-3-6-13/h1-12H,(H,22,23)(H,24,25). The second kappa shape index (κ2) is 7.20. The van der Waals surface area contributed by atoms with Crippen LogP contribution < -0.4 is 5.32 Å². The van der Waals surface area contributed by atoms with Gasteiger partial charge in [-0.3, -0.25) is 4.79 Å². The van der Waals surface area contributed by atoms with E-state index in [0.717, 1.165) is 11.1 Å². The molecule has 0 aliphatic carbocycles. The number of hydrogen-bond acceptors (Lipinski definition) is 2. The third-order valence-electron chi connectivity index (χ3n) is 3.69. The molecule has 0 saturated heterocycles. The second-order valence-corrected chi connectivity index (χ2v) is 5.83. The lowest BCUT2D eigenvalue weighted by Crippen LogP contribution is -2.14. The molecule has 0 aliphatic heterocycles. The number of rotatable bonds is 4. The molecule has 3 aromatic carbocycles. The van der Waals surface area contributed by atoms with Crippen molar-refractivity contribution in [3.05, 3.63) is 88.9 Å². The van der Waals surface area contributed by atoms with E-state index in [-0.39, 0.29) is 17.2 Å². The SMILES string of the molecule is O=C(Nc1ccc(Cl)cc1C(=O)O)c1cccc(-c2ccccc2)c1. The van der Waals surface area contributed by atoms with Crippen LogP contribution in [0, 0.1) is 0 Å². The van der Waals surface area contributed by atoms with Crippen molar-refractivity contribution in [3.63, 3.8) is 0 Å². The molecule has 0 spiro atoms. The molecule has 5 heteroatoms. The minimum atomic E-state index is -1.16. The predicted molar refractivity (Wildman–Crippen MR) is 98.2 cm³/mol. The number of aromatic carboxylic acids is 1. The molecule has 0 saturated carbocycles. The number of amides is 1. The van der Waals surface area contributed by atoms with Crippen LogP contribution in [-0.4, -0.2) is 17.0 Å². The summed E-state index contributed by atoms with van der Waals surface area (Å²) in [6.45, 7) is 0. The van der Waals surface area contributed by atoms with Gasteiger partial charge >= 0.3 is 5.97 Å². The highest BCUT2D eigenvalue weighted by molar-refractivity contribution is 6.31. The molecule has 124 valence electrons. The normalized spacial score (nSPS) is 10.3. The molecule has 25 heavy (non-hydrogen) atoms. The first-order valence-corrected chi connectivity index (χ1v) is 7.92. The molecule has 3 rings (SSSR count). The summed E-state index contributed by atoms with van der Waals surface area (Å²) in [6.07, 6.45) is 0. The van der Waals surface area contributed by atoms with E-state index < -0.39 is 5.97 Å². The smallest absolute Gasteiger partial charge is 0.337 e. The fourth-order valence-corrected chi connectivity index (χ4v) is 2.64. The third kappa shape index (κ3) is 3.87. The number of benzene rings is 3. The molecule has 0 fully saturated rings. The van der Waals surface area contributed by atoms with Gasteiger partial charge in [-0.1, -0.05) is 54.1 Å². The molecule has 4 nitrogen and oxygen atoms in total. The van der Waals surface area contributed by atoms with Crippen LogP contribution >= 0.6 is 11.6 Å². The van der Waals surface area contributed by atoms with Crippen molar-refractivity contribution in [1.82, 2.24) is 0 Å². The molecule has 0 radical (unpaired) electrons. The van der Waals surface area contributed by atoms with Gasteiger partial charge in [0.2, 0.25) is 0 Å². The van der Waals surface area contributed by atoms with Crippen molar-refractivity contribution in [2.75, 3.05) is 5.32 Å². The van der Waals surface area contributed by atoms with Crippen molar-refractivity contribution in [3.8, 4) is 11.1 Å². The number of carboxylic acids is 1. The quantitative estimate of drug-likeness (QED) is 0.698. The number of carbonyl (C=O) groups is 2. The Morgan fingerprint density at radius 3 is 2.28 bits per heavy atom. The maximum atomic E-state index is 12.5. The number of carbonyl (C=O) groups excluding carboxylic acids is 1. The molecule has 0 aromatic heterocycles. The highest BCUT2D eigenvalue weighted by atomic mass is 35.5. The summed E-state index contributed by atoms with van der Waals surface area (Å²) in [5, 5.41) is 12.2. The Labute approximate surface area is 149 Å². The summed E-state index contributed by atoms with van der Waals surface area (Å²) in [4.78, 5) is 23.8. The monoisotopic (exact) mass is 351 g/mol. The lowest BCUT2D eigenvalue weighted by molar-refractivity contribution is 0.0698. The first-order chi connectivity index (χ1) is 12.0. The fourth-order valence-electron chi connectivity index (χ4n) is 2.47. The van der Waals surface area contributed by atoms with Crippen molar-refractivity contribution >= 4 is 29.2 Å². The van der Waals surface area contributed by atoms with Crippen molar-refractivity contribution in [2.45, 2.75) is 0 Å². The number of halogens is 1. The molecule has 0 unspecified atom stereocenters. The van der Waals surface area contributed by atoms with Gasteiger partial charge in [-0.25, -0.2) is 4.79 Å². The predicted octanol–water partition coefficient (Wildman–Crippen LogP) is 4.96. The van der Waals surface area contributed by atoms with E-state index in [1.807, 2.05) is 36.4 Å². The molecule has 0 aliphatic rings. The lowest BCUT2D eigenvalue weighted by atomic mass is 10.0. The Kier molecular flexibility index (Phi) is 4.82. The summed E-state index contributed by atoms with van der Waals surface area (Å²) >= 11 is 5.83. The molecule has 0 bridgehead atoms. The van der Waals surface area contributed by atoms with E-state index in [1.54, 1.807) is 18.2 Å². The van der Waals surface area contributed by atoms with Gasteiger partial charge in [-0.05, 0) is 41.5 Å². The molecule has 0 heterocycles. The van der Waals surface area contributed by atoms with Crippen LogP contribution in [0.15, 0.2) is 72.8 Å². The van der Waals surface area contributed by atoms with Crippen molar-refractivity contribution in [2.24, 2.45) is 0 Å². The average molecular weight is 352 g/mol. The number of anilines is 1. The minimum Gasteiger partial charge on any atom is -0.478 e. The Bertz CT molecular complexity index is 939. The van der Waals surface area contributed by atoms with Gasteiger partial charge in [0.15, 0.2) is 0 Å².